The molecule has 116 valence electrons. The first-order valence-electron chi connectivity index (χ1n) is 6.85. The number of hydrogen-bond donors (Lipinski definition) is 1. The molecule has 0 fully saturated rings. The number of hydrogen-bond acceptors (Lipinski definition) is 3. The van der Waals surface area contributed by atoms with E-state index in [1.54, 1.807) is 26.4 Å². The predicted octanol–water partition coefficient (Wildman–Crippen LogP) is 3.22. The average molecular weight is 320 g/mol. The van der Waals surface area contributed by atoms with Crippen LogP contribution < -0.4 is 14.8 Å². The van der Waals surface area contributed by atoms with Crippen LogP contribution in [-0.4, -0.2) is 20.1 Å². The van der Waals surface area contributed by atoms with Crippen molar-refractivity contribution in [2.45, 2.75) is 13.0 Å². The quantitative estimate of drug-likeness (QED) is 0.889. The third-order valence-corrected chi connectivity index (χ3v) is 3.54. The Bertz CT molecular complexity index is 658. The molecule has 2 rings (SSSR count). The van der Waals surface area contributed by atoms with Crippen LogP contribution in [0.25, 0.3) is 0 Å². The predicted molar refractivity (Wildman–Crippen MR) is 86.5 cm³/mol. The van der Waals surface area contributed by atoms with Crippen LogP contribution in [0.3, 0.4) is 0 Å². The molecule has 1 amide bonds. The van der Waals surface area contributed by atoms with Crippen LogP contribution in [0.1, 0.15) is 11.1 Å². The molecule has 0 heterocycles. The van der Waals surface area contributed by atoms with Crippen LogP contribution in [-0.2, 0) is 17.8 Å². The number of ether oxygens (including phenoxy) is 2. The van der Waals surface area contributed by atoms with Gasteiger partial charge in [0, 0.05) is 12.1 Å². The Morgan fingerprint density at radius 1 is 1.09 bits per heavy atom. The van der Waals surface area contributed by atoms with Gasteiger partial charge in [-0.15, -0.1) is 0 Å². The van der Waals surface area contributed by atoms with Crippen molar-refractivity contribution in [3.8, 4) is 11.5 Å². The van der Waals surface area contributed by atoms with E-state index in [0.29, 0.717) is 17.3 Å². The minimum absolute atomic E-state index is 0.0767. The van der Waals surface area contributed by atoms with Crippen LogP contribution in [0.5, 0.6) is 11.5 Å². The fourth-order valence-electron chi connectivity index (χ4n) is 2.11. The summed E-state index contributed by atoms with van der Waals surface area (Å²) in [5.74, 6) is 1.28. The molecule has 0 spiro atoms. The Morgan fingerprint density at radius 3 is 2.50 bits per heavy atom. The second-order valence-corrected chi connectivity index (χ2v) is 5.14. The number of para-hydroxylation sites is 1. The van der Waals surface area contributed by atoms with E-state index in [0.717, 1.165) is 16.9 Å². The number of amides is 1. The molecule has 0 aliphatic carbocycles. The Morgan fingerprint density at radius 2 is 1.82 bits per heavy atom. The van der Waals surface area contributed by atoms with Crippen molar-refractivity contribution in [2.24, 2.45) is 0 Å². The first-order chi connectivity index (χ1) is 10.6. The molecule has 4 nitrogen and oxygen atoms in total. The van der Waals surface area contributed by atoms with Crippen LogP contribution >= 0.6 is 11.6 Å². The van der Waals surface area contributed by atoms with Crippen molar-refractivity contribution in [2.75, 3.05) is 14.2 Å². The van der Waals surface area contributed by atoms with E-state index in [4.69, 9.17) is 21.1 Å². The summed E-state index contributed by atoms with van der Waals surface area (Å²) in [6, 6.07) is 12.9. The van der Waals surface area contributed by atoms with E-state index in [1.807, 2.05) is 30.3 Å². The molecule has 2 aromatic carbocycles. The summed E-state index contributed by atoms with van der Waals surface area (Å²) in [5.41, 5.74) is 1.77. The number of carbonyl (C=O) groups is 1. The first kappa shape index (κ1) is 16.2. The standard InChI is InChI=1S/C17H18ClNO3/c1-21-15-6-4-3-5-13(15)11-19-17(20)10-12-7-8-16(22-2)14(18)9-12/h3-9H,10-11H2,1-2H3,(H,19,20). The summed E-state index contributed by atoms with van der Waals surface area (Å²) in [6.45, 7) is 0.423. The van der Waals surface area contributed by atoms with Crippen molar-refractivity contribution in [1.82, 2.24) is 5.32 Å². The van der Waals surface area contributed by atoms with Gasteiger partial charge in [-0.05, 0) is 23.8 Å². The van der Waals surface area contributed by atoms with Crippen molar-refractivity contribution in [1.29, 1.82) is 0 Å². The lowest BCUT2D eigenvalue weighted by atomic mass is 10.1. The summed E-state index contributed by atoms with van der Waals surface area (Å²) in [4.78, 5) is 12.0. The van der Waals surface area contributed by atoms with E-state index >= 15 is 0 Å². The van der Waals surface area contributed by atoms with E-state index in [-0.39, 0.29) is 12.3 Å². The topological polar surface area (TPSA) is 47.6 Å². The molecule has 0 saturated heterocycles. The third-order valence-electron chi connectivity index (χ3n) is 3.25. The lowest BCUT2D eigenvalue weighted by Gasteiger charge is -2.10. The molecular formula is C17H18ClNO3. The maximum Gasteiger partial charge on any atom is 0.224 e. The van der Waals surface area contributed by atoms with Gasteiger partial charge in [0.05, 0.1) is 25.7 Å². The Kier molecular flexibility index (Phi) is 5.67. The summed E-state index contributed by atoms with van der Waals surface area (Å²) in [6.07, 6.45) is 0.263. The molecule has 0 bridgehead atoms. The Balaban J connectivity index is 1.94. The zero-order valence-corrected chi connectivity index (χ0v) is 13.3. The number of benzene rings is 2. The monoisotopic (exact) mass is 319 g/mol. The molecule has 1 N–H and O–H groups in total. The molecule has 0 unspecified atom stereocenters. The minimum Gasteiger partial charge on any atom is -0.496 e. The Labute approximate surface area is 135 Å². The zero-order valence-electron chi connectivity index (χ0n) is 12.6. The maximum absolute atomic E-state index is 12.0. The zero-order chi connectivity index (χ0) is 15.9. The Hall–Kier alpha value is -2.20. The van der Waals surface area contributed by atoms with Gasteiger partial charge in [0.25, 0.3) is 0 Å². The second-order valence-electron chi connectivity index (χ2n) is 4.73. The van der Waals surface area contributed by atoms with Gasteiger partial charge in [-0.2, -0.15) is 0 Å². The van der Waals surface area contributed by atoms with Crippen LogP contribution in [0.15, 0.2) is 42.5 Å². The van der Waals surface area contributed by atoms with Crippen molar-refractivity contribution in [3.05, 3.63) is 58.6 Å². The summed E-state index contributed by atoms with van der Waals surface area (Å²) in [5, 5.41) is 3.37. The molecule has 0 atom stereocenters. The van der Waals surface area contributed by atoms with E-state index in [9.17, 15) is 4.79 Å². The number of carbonyl (C=O) groups excluding carboxylic acids is 1. The molecule has 5 heteroatoms. The van der Waals surface area contributed by atoms with Gasteiger partial charge in [-0.25, -0.2) is 0 Å². The van der Waals surface area contributed by atoms with Gasteiger partial charge in [0.1, 0.15) is 11.5 Å². The fourth-order valence-corrected chi connectivity index (χ4v) is 2.39. The molecule has 0 aliphatic heterocycles. The van der Waals surface area contributed by atoms with E-state index in [1.165, 1.54) is 0 Å². The highest BCUT2D eigenvalue weighted by atomic mass is 35.5. The molecule has 2 aromatic rings. The molecule has 0 radical (unpaired) electrons. The summed E-state index contributed by atoms with van der Waals surface area (Å²) in [7, 11) is 3.17. The van der Waals surface area contributed by atoms with E-state index in [2.05, 4.69) is 5.32 Å². The van der Waals surface area contributed by atoms with Crippen molar-refractivity contribution in [3.63, 3.8) is 0 Å². The van der Waals surface area contributed by atoms with Crippen LogP contribution in [0.4, 0.5) is 0 Å². The first-order valence-corrected chi connectivity index (χ1v) is 7.23. The molecular weight excluding hydrogens is 302 g/mol. The average Bonchev–Trinajstić information content (AvgIpc) is 2.53. The maximum atomic E-state index is 12.0. The highest BCUT2D eigenvalue weighted by molar-refractivity contribution is 6.32. The second kappa shape index (κ2) is 7.71. The molecule has 0 aliphatic rings. The van der Waals surface area contributed by atoms with E-state index < -0.39 is 0 Å². The lowest BCUT2D eigenvalue weighted by Crippen LogP contribution is -2.24. The smallest absolute Gasteiger partial charge is 0.224 e. The van der Waals surface area contributed by atoms with Gasteiger partial charge in [0.2, 0.25) is 5.91 Å². The number of methoxy groups -OCH3 is 2. The van der Waals surface area contributed by atoms with Crippen LogP contribution in [0.2, 0.25) is 5.02 Å². The molecule has 22 heavy (non-hydrogen) atoms. The summed E-state index contributed by atoms with van der Waals surface area (Å²) < 4.78 is 10.3. The largest absolute Gasteiger partial charge is 0.496 e. The number of halogens is 1. The highest BCUT2D eigenvalue weighted by Crippen LogP contribution is 2.25. The van der Waals surface area contributed by atoms with Gasteiger partial charge in [0.15, 0.2) is 0 Å². The number of nitrogens with one attached hydrogen (secondary N) is 1. The SMILES string of the molecule is COc1ccc(CC(=O)NCc2ccccc2OC)cc1Cl. The molecule has 0 aromatic heterocycles. The van der Waals surface area contributed by atoms with Gasteiger partial charge in [-0.3, -0.25) is 4.79 Å². The molecule has 0 saturated carbocycles. The highest BCUT2D eigenvalue weighted by Gasteiger charge is 2.08. The third kappa shape index (κ3) is 4.15. The van der Waals surface area contributed by atoms with Crippen molar-refractivity contribution < 1.29 is 14.3 Å². The summed E-state index contributed by atoms with van der Waals surface area (Å²) >= 11 is 6.05. The lowest BCUT2D eigenvalue weighted by molar-refractivity contribution is -0.120. The van der Waals surface area contributed by atoms with Gasteiger partial charge >= 0.3 is 0 Å². The van der Waals surface area contributed by atoms with Gasteiger partial charge < -0.3 is 14.8 Å². The fraction of sp³-hybridized carbons (Fsp3) is 0.235. The van der Waals surface area contributed by atoms with Crippen molar-refractivity contribution >= 4 is 17.5 Å². The van der Waals surface area contributed by atoms with Gasteiger partial charge in [-0.1, -0.05) is 35.9 Å². The van der Waals surface area contributed by atoms with Crippen LogP contribution in [0, 0.1) is 0 Å². The minimum atomic E-state index is -0.0767. The normalized spacial score (nSPS) is 10.1. The number of rotatable bonds is 6.